The third kappa shape index (κ3) is 1.53. The molecule has 0 unspecified atom stereocenters. The van der Waals surface area contributed by atoms with Crippen molar-refractivity contribution in [3.05, 3.63) is 47.7 Å². The topological polar surface area (TPSA) is 68.0 Å². The number of pyridine rings is 1. The Morgan fingerprint density at radius 2 is 2.05 bits per heavy atom. The smallest absolute Gasteiger partial charge is 0.254 e. The third-order valence-electron chi connectivity index (χ3n) is 3.48. The highest BCUT2D eigenvalue weighted by atomic mass is 32.1. The molecule has 1 aliphatic heterocycles. The molecule has 0 bridgehead atoms. The summed E-state index contributed by atoms with van der Waals surface area (Å²) >= 11 is 1.59. The first kappa shape index (κ1) is 11.4. The minimum absolute atomic E-state index is 0.0565. The van der Waals surface area contributed by atoms with Crippen molar-refractivity contribution >= 4 is 33.1 Å². The minimum atomic E-state index is -0.0565. The van der Waals surface area contributed by atoms with Gasteiger partial charge >= 0.3 is 0 Å². The first-order valence-electron chi connectivity index (χ1n) is 6.29. The van der Waals surface area contributed by atoms with Crippen molar-refractivity contribution in [3.63, 3.8) is 0 Å². The van der Waals surface area contributed by atoms with Crippen LogP contribution in [0, 0.1) is 0 Å². The summed E-state index contributed by atoms with van der Waals surface area (Å²) < 4.78 is 0.932. The molecule has 1 aliphatic rings. The molecule has 5 heteroatoms. The summed E-state index contributed by atoms with van der Waals surface area (Å²) in [5.74, 6) is 0.438. The van der Waals surface area contributed by atoms with Gasteiger partial charge in [0.15, 0.2) is 0 Å². The van der Waals surface area contributed by atoms with Gasteiger partial charge < -0.3 is 11.1 Å². The zero-order chi connectivity index (χ0) is 13.7. The van der Waals surface area contributed by atoms with E-state index in [9.17, 15) is 4.79 Å². The summed E-state index contributed by atoms with van der Waals surface area (Å²) in [5.41, 5.74) is 8.58. The monoisotopic (exact) mass is 281 g/mol. The predicted molar refractivity (Wildman–Crippen MR) is 80.6 cm³/mol. The van der Waals surface area contributed by atoms with Crippen molar-refractivity contribution in [1.29, 1.82) is 0 Å². The number of carbonyl (C=O) groups is 1. The largest absolute Gasteiger partial charge is 0.383 e. The summed E-state index contributed by atoms with van der Waals surface area (Å²) in [4.78, 5) is 17.4. The number of carbonyl (C=O) groups excluding carboxylic acids is 1. The average molecular weight is 281 g/mol. The summed E-state index contributed by atoms with van der Waals surface area (Å²) in [5, 5.41) is 3.67. The third-order valence-corrected chi connectivity index (χ3v) is 4.68. The number of aromatic nitrogens is 1. The summed E-state index contributed by atoms with van der Waals surface area (Å²) in [6.45, 7) is 0.465. The molecule has 4 nitrogen and oxygen atoms in total. The number of nitrogen functional groups attached to an aromatic ring is 1. The zero-order valence-corrected chi connectivity index (χ0v) is 11.3. The summed E-state index contributed by atoms with van der Waals surface area (Å²) in [6.07, 6.45) is 0. The normalized spacial score (nSPS) is 13.5. The molecule has 3 N–H and O–H groups in total. The molecule has 0 spiro atoms. The van der Waals surface area contributed by atoms with Gasteiger partial charge in [-0.1, -0.05) is 30.3 Å². The second-order valence-electron chi connectivity index (χ2n) is 4.72. The lowest BCUT2D eigenvalue weighted by molar-refractivity contribution is 0.0967. The Bertz CT molecular complexity index is 839. The molecular formula is C15H11N3OS. The van der Waals surface area contributed by atoms with Crippen LogP contribution in [0.25, 0.3) is 20.5 Å². The van der Waals surface area contributed by atoms with E-state index in [1.54, 1.807) is 11.3 Å². The van der Waals surface area contributed by atoms with Crippen LogP contribution < -0.4 is 11.1 Å². The average Bonchev–Trinajstić information content (AvgIpc) is 3.04. The lowest BCUT2D eigenvalue weighted by Gasteiger charge is -2.00. The standard InChI is InChI=1S/C15H11N3OS/c16-14-9-6-11(8-4-2-1-3-5-8)20-13(9)12-10(18-14)7-17-15(12)19/h1-6H,7H2,(H2,16,18)(H,17,19). The molecule has 0 saturated carbocycles. The number of rotatable bonds is 1. The quantitative estimate of drug-likeness (QED) is 0.720. The van der Waals surface area contributed by atoms with Crippen molar-refractivity contribution in [2.45, 2.75) is 6.54 Å². The van der Waals surface area contributed by atoms with Crippen LogP contribution in [0.15, 0.2) is 36.4 Å². The Balaban J connectivity index is 2.03. The van der Waals surface area contributed by atoms with E-state index in [4.69, 9.17) is 5.73 Å². The van der Waals surface area contributed by atoms with Gasteiger partial charge in [0.25, 0.3) is 5.91 Å². The number of nitrogens with two attached hydrogens (primary N) is 1. The summed E-state index contributed by atoms with van der Waals surface area (Å²) in [7, 11) is 0. The van der Waals surface area contributed by atoms with Gasteiger partial charge in [-0.3, -0.25) is 4.79 Å². The summed E-state index contributed by atoms with van der Waals surface area (Å²) in [6, 6.07) is 12.1. The number of anilines is 1. The van der Waals surface area contributed by atoms with E-state index in [2.05, 4.69) is 22.4 Å². The fourth-order valence-corrected chi connectivity index (χ4v) is 3.76. The van der Waals surface area contributed by atoms with E-state index in [0.717, 1.165) is 26.2 Å². The van der Waals surface area contributed by atoms with Gasteiger partial charge in [0.1, 0.15) is 5.82 Å². The second kappa shape index (κ2) is 4.05. The molecule has 0 radical (unpaired) electrons. The lowest BCUT2D eigenvalue weighted by atomic mass is 10.1. The Morgan fingerprint density at radius 1 is 1.25 bits per heavy atom. The van der Waals surface area contributed by atoms with Crippen molar-refractivity contribution in [3.8, 4) is 10.4 Å². The Kier molecular flexibility index (Phi) is 2.31. The van der Waals surface area contributed by atoms with Crippen molar-refractivity contribution in [2.24, 2.45) is 0 Å². The zero-order valence-electron chi connectivity index (χ0n) is 10.5. The van der Waals surface area contributed by atoms with E-state index in [0.29, 0.717) is 17.9 Å². The van der Waals surface area contributed by atoms with Crippen molar-refractivity contribution < 1.29 is 4.79 Å². The van der Waals surface area contributed by atoms with E-state index >= 15 is 0 Å². The maximum atomic E-state index is 12.0. The maximum absolute atomic E-state index is 12.0. The molecule has 0 saturated heterocycles. The van der Waals surface area contributed by atoms with Gasteiger partial charge in [0.05, 0.1) is 22.5 Å². The molecule has 1 aromatic carbocycles. The van der Waals surface area contributed by atoms with E-state index in [-0.39, 0.29) is 5.91 Å². The second-order valence-corrected chi connectivity index (χ2v) is 5.77. The van der Waals surface area contributed by atoms with Crippen LogP contribution in [0.2, 0.25) is 0 Å². The fourth-order valence-electron chi connectivity index (χ4n) is 2.52. The molecule has 1 amide bonds. The highest BCUT2D eigenvalue weighted by Crippen LogP contribution is 2.39. The van der Waals surface area contributed by atoms with Crippen LogP contribution >= 0.6 is 11.3 Å². The number of amides is 1. The van der Waals surface area contributed by atoms with Gasteiger partial charge in [-0.15, -0.1) is 11.3 Å². The van der Waals surface area contributed by atoms with Crippen LogP contribution in [0.5, 0.6) is 0 Å². The number of benzene rings is 1. The van der Waals surface area contributed by atoms with Crippen LogP contribution in [-0.2, 0) is 6.54 Å². The molecule has 0 atom stereocenters. The highest BCUT2D eigenvalue weighted by Gasteiger charge is 2.26. The molecular weight excluding hydrogens is 270 g/mol. The molecule has 20 heavy (non-hydrogen) atoms. The SMILES string of the molecule is Nc1nc2c(c3sc(-c4ccccc4)cc13)C(=O)NC2. The predicted octanol–water partition coefficient (Wildman–Crippen LogP) is 2.79. The van der Waals surface area contributed by atoms with Crippen LogP contribution in [-0.4, -0.2) is 10.9 Å². The molecule has 3 heterocycles. The fraction of sp³-hybridized carbons (Fsp3) is 0.0667. The molecule has 0 aliphatic carbocycles. The minimum Gasteiger partial charge on any atom is -0.383 e. The van der Waals surface area contributed by atoms with E-state index in [1.807, 2.05) is 24.3 Å². The molecule has 2 aromatic heterocycles. The first-order valence-corrected chi connectivity index (χ1v) is 7.11. The molecule has 98 valence electrons. The number of nitrogens with zero attached hydrogens (tertiary/aromatic N) is 1. The van der Waals surface area contributed by atoms with Crippen LogP contribution in [0.4, 0.5) is 5.82 Å². The Hall–Kier alpha value is -2.40. The lowest BCUT2D eigenvalue weighted by Crippen LogP contribution is -2.12. The van der Waals surface area contributed by atoms with Gasteiger partial charge in [-0.2, -0.15) is 0 Å². The molecule has 3 aromatic rings. The van der Waals surface area contributed by atoms with Crippen LogP contribution in [0.3, 0.4) is 0 Å². The number of thiophene rings is 1. The molecule has 4 rings (SSSR count). The van der Waals surface area contributed by atoms with Gasteiger partial charge in [0.2, 0.25) is 0 Å². The molecule has 0 fully saturated rings. The van der Waals surface area contributed by atoms with Gasteiger partial charge in [0, 0.05) is 10.3 Å². The Morgan fingerprint density at radius 3 is 2.85 bits per heavy atom. The number of fused-ring (bicyclic) bond motifs is 3. The Labute approximate surface area is 119 Å². The van der Waals surface area contributed by atoms with E-state index in [1.165, 1.54) is 0 Å². The number of nitrogens with one attached hydrogen (secondary N) is 1. The van der Waals surface area contributed by atoms with Crippen molar-refractivity contribution in [2.75, 3.05) is 5.73 Å². The van der Waals surface area contributed by atoms with Gasteiger partial charge in [-0.25, -0.2) is 4.98 Å². The van der Waals surface area contributed by atoms with E-state index < -0.39 is 0 Å². The number of hydrogen-bond donors (Lipinski definition) is 2. The first-order chi connectivity index (χ1) is 9.74. The van der Waals surface area contributed by atoms with Gasteiger partial charge in [-0.05, 0) is 11.6 Å². The van der Waals surface area contributed by atoms with Crippen molar-refractivity contribution in [1.82, 2.24) is 10.3 Å². The highest BCUT2D eigenvalue weighted by molar-refractivity contribution is 7.22. The van der Waals surface area contributed by atoms with Crippen LogP contribution in [0.1, 0.15) is 16.1 Å². The maximum Gasteiger partial charge on any atom is 0.254 e. The number of hydrogen-bond acceptors (Lipinski definition) is 4.